The topological polar surface area (TPSA) is 80.9 Å². The summed E-state index contributed by atoms with van der Waals surface area (Å²) in [5, 5.41) is 11.1. The summed E-state index contributed by atoms with van der Waals surface area (Å²) in [4.78, 5) is 15.8. The van der Waals surface area contributed by atoms with E-state index in [0.29, 0.717) is 16.8 Å². The van der Waals surface area contributed by atoms with E-state index in [9.17, 15) is 4.79 Å². The summed E-state index contributed by atoms with van der Waals surface area (Å²) in [5.74, 6) is 0.315. The molecule has 0 saturated carbocycles. The molecule has 0 bridgehead atoms. The molecule has 0 aliphatic carbocycles. The third kappa shape index (κ3) is 4.08. The van der Waals surface area contributed by atoms with Gasteiger partial charge in [0.05, 0.1) is 11.4 Å². The van der Waals surface area contributed by atoms with Crippen molar-refractivity contribution in [2.45, 2.75) is 5.22 Å². The van der Waals surface area contributed by atoms with Crippen LogP contribution in [0.25, 0.3) is 11.5 Å². The summed E-state index contributed by atoms with van der Waals surface area (Å²) in [7, 11) is 0. The molecule has 0 atom stereocenters. The van der Waals surface area contributed by atoms with E-state index in [1.807, 2.05) is 30.3 Å². The summed E-state index contributed by atoms with van der Waals surface area (Å²) in [6, 6.07) is 12.8. The van der Waals surface area contributed by atoms with E-state index in [1.165, 1.54) is 0 Å². The molecule has 1 aromatic carbocycles. The second-order valence-corrected chi connectivity index (χ2v) is 5.70. The van der Waals surface area contributed by atoms with E-state index in [0.717, 1.165) is 17.3 Å². The molecule has 0 aliphatic heterocycles. The van der Waals surface area contributed by atoms with E-state index in [4.69, 9.17) is 16.0 Å². The zero-order valence-electron chi connectivity index (χ0n) is 11.8. The fourth-order valence-electron chi connectivity index (χ4n) is 1.76. The number of aromatic nitrogens is 3. The Morgan fingerprint density at radius 3 is 2.78 bits per heavy atom. The number of thioether (sulfide) groups is 1. The molecule has 116 valence electrons. The highest BCUT2D eigenvalue weighted by molar-refractivity contribution is 7.99. The second kappa shape index (κ2) is 7.26. The second-order valence-electron chi connectivity index (χ2n) is 4.42. The summed E-state index contributed by atoms with van der Waals surface area (Å²) < 4.78 is 5.52. The highest BCUT2D eigenvalue weighted by Gasteiger charge is 2.12. The molecule has 8 heteroatoms. The van der Waals surface area contributed by atoms with Gasteiger partial charge in [0.25, 0.3) is 5.22 Å². The number of rotatable bonds is 5. The van der Waals surface area contributed by atoms with Crippen LogP contribution in [-0.4, -0.2) is 26.8 Å². The normalized spacial score (nSPS) is 10.5. The quantitative estimate of drug-likeness (QED) is 0.562. The van der Waals surface area contributed by atoms with Crippen molar-refractivity contribution in [1.29, 1.82) is 0 Å². The van der Waals surface area contributed by atoms with Crippen LogP contribution in [0.1, 0.15) is 0 Å². The van der Waals surface area contributed by atoms with Crippen LogP contribution < -0.4 is 5.32 Å². The first kappa shape index (κ1) is 15.5. The van der Waals surface area contributed by atoms with Crippen molar-refractivity contribution >= 4 is 35.0 Å². The molecule has 6 nitrogen and oxygen atoms in total. The highest BCUT2D eigenvalue weighted by Crippen LogP contribution is 2.23. The summed E-state index contributed by atoms with van der Waals surface area (Å²) in [6.45, 7) is 0. The van der Waals surface area contributed by atoms with E-state index in [2.05, 4.69) is 20.5 Å². The van der Waals surface area contributed by atoms with Gasteiger partial charge >= 0.3 is 0 Å². The average molecular weight is 347 g/mol. The Hall–Kier alpha value is -2.38. The largest absolute Gasteiger partial charge is 0.411 e. The van der Waals surface area contributed by atoms with Gasteiger partial charge in [0.1, 0.15) is 0 Å². The van der Waals surface area contributed by atoms with Gasteiger partial charge in [-0.25, -0.2) is 4.98 Å². The Labute approximate surface area is 141 Å². The number of amides is 1. The SMILES string of the molecule is O=C(CSc1nnc(-c2ccccc2)o1)Nc1cccnc1Cl. The Bertz CT molecular complexity index is 810. The molecule has 2 heterocycles. The first-order chi connectivity index (χ1) is 11.2. The first-order valence-corrected chi connectivity index (χ1v) is 8.01. The predicted octanol–water partition coefficient (Wildman–Crippen LogP) is 3.52. The van der Waals surface area contributed by atoms with Crippen LogP contribution in [0.15, 0.2) is 58.3 Å². The van der Waals surface area contributed by atoms with Gasteiger partial charge < -0.3 is 9.73 Å². The Morgan fingerprint density at radius 2 is 2.00 bits per heavy atom. The molecule has 0 aliphatic rings. The van der Waals surface area contributed by atoms with Gasteiger partial charge in [-0.15, -0.1) is 10.2 Å². The minimum absolute atomic E-state index is 0.127. The number of hydrogen-bond acceptors (Lipinski definition) is 6. The Balaban J connectivity index is 1.58. The number of benzene rings is 1. The Kier molecular flexibility index (Phi) is 4.89. The fourth-order valence-corrected chi connectivity index (χ4v) is 2.49. The molecule has 3 aromatic rings. The third-order valence-corrected chi connectivity index (χ3v) is 3.91. The number of carbonyl (C=O) groups is 1. The zero-order chi connectivity index (χ0) is 16.1. The van der Waals surface area contributed by atoms with E-state index in [1.54, 1.807) is 18.3 Å². The van der Waals surface area contributed by atoms with Crippen LogP contribution in [0.2, 0.25) is 5.15 Å². The maximum atomic E-state index is 11.9. The van der Waals surface area contributed by atoms with E-state index in [-0.39, 0.29) is 16.8 Å². The fraction of sp³-hybridized carbons (Fsp3) is 0.0667. The van der Waals surface area contributed by atoms with Gasteiger partial charge in [0.15, 0.2) is 5.15 Å². The van der Waals surface area contributed by atoms with Gasteiger partial charge in [-0.1, -0.05) is 41.6 Å². The van der Waals surface area contributed by atoms with Gasteiger partial charge in [-0.3, -0.25) is 4.79 Å². The molecule has 1 amide bonds. The number of hydrogen-bond donors (Lipinski definition) is 1. The molecule has 2 aromatic heterocycles. The lowest BCUT2D eigenvalue weighted by Gasteiger charge is -2.04. The van der Waals surface area contributed by atoms with Crippen LogP contribution in [0.3, 0.4) is 0 Å². The first-order valence-electron chi connectivity index (χ1n) is 6.64. The van der Waals surface area contributed by atoms with Crippen molar-refractivity contribution in [1.82, 2.24) is 15.2 Å². The molecule has 0 spiro atoms. The van der Waals surface area contributed by atoms with Crippen LogP contribution in [-0.2, 0) is 4.79 Å². The maximum absolute atomic E-state index is 11.9. The van der Waals surface area contributed by atoms with E-state index >= 15 is 0 Å². The van der Waals surface area contributed by atoms with Crippen molar-refractivity contribution < 1.29 is 9.21 Å². The molecule has 23 heavy (non-hydrogen) atoms. The molecule has 0 unspecified atom stereocenters. The minimum atomic E-state index is -0.232. The van der Waals surface area contributed by atoms with E-state index < -0.39 is 0 Å². The molecular formula is C15H11ClN4O2S. The molecule has 3 rings (SSSR count). The molecule has 1 N–H and O–H groups in total. The lowest BCUT2D eigenvalue weighted by atomic mass is 10.2. The summed E-state index contributed by atoms with van der Waals surface area (Å²) >= 11 is 7.04. The van der Waals surface area contributed by atoms with Crippen LogP contribution in [0.4, 0.5) is 5.69 Å². The molecular weight excluding hydrogens is 336 g/mol. The lowest BCUT2D eigenvalue weighted by molar-refractivity contribution is -0.113. The average Bonchev–Trinajstić information content (AvgIpc) is 3.05. The minimum Gasteiger partial charge on any atom is -0.411 e. The van der Waals surface area contributed by atoms with Crippen molar-refractivity contribution in [3.05, 3.63) is 53.8 Å². The van der Waals surface area contributed by atoms with Crippen molar-refractivity contribution in [2.75, 3.05) is 11.1 Å². The van der Waals surface area contributed by atoms with Gasteiger partial charge in [-0.2, -0.15) is 0 Å². The van der Waals surface area contributed by atoms with Gasteiger partial charge in [0.2, 0.25) is 11.8 Å². The van der Waals surface area contributed by atoms with Gasteiger partial charge in [0, 0.05) is 11.8 Å². The number of pyridine rings is 1. The number of carbonyl (C=O) groups excluding carboxylic acids is 1. The summed E-state index contributed by atoms with van der Waals surface area (Å²) in [5.41, 5.74) is 1.30. The Morgan fingerprint density at radius 1 is 1.17 bits per heavy atom. The van der Waals surface area contributed by atoms with Crippen molar-refractivity contribution in [3.63, 3.8) is 0 Å². The maximum Gasteiger partial charge on any atom is 0.277 e. The number of halogens is 1. The lowest BCUT2D eigenvalue weighted by Crippen LogP contribution is -2.14. The van der Waals surface area contributed by atoms with Crippen LogP contribution in [0.5, 0.6) is 0 Å². The molecule has 0 fully saturated rings. The molecule has 0 saturated heterocycles. The standard InChI is InChI=1S/C15H11ClN4O2S/c16-13-11(7-4-8-17-13)18-12(21)9-23-15-20-19-14(22-15)10-5-2-1-3-6-10/h1-8H,9H2,(H,18,21). The summed E-state index contributed by atoms with van der Waals surface area (Å²) in [6.07, 6.45) is 1.55. The monoisotopic (exact) mass is 346 g/mol. The third-order valence-electron chi connectivity index (χ3n) is 2.79. The van der Waals surface area contributed by atoms with Crippen molar-refractivity contribution in [2.24, 2.45) is 0 Å². The smallest absolute Gasteiger partial charge is 0.277 e. The number of nitrogens with one attached hydrogen (secondary N) is 1. The predicted molar refractivity (Wildman–Crippen MR) is 88.3 cm³/mol. The highest BCUT2D eigenvalue weighted by atomic mass is 35.5. The number of anilines is 1. The number of nitrogens with zero attached hydrogens (tertiary/aromatic N) is 3. The van der Waals surface area contributed by atoms with Crippen LogP contribution >= 0.6 is 23.4 Å². The van der Waals surface area contributed by atoms with Crippen LogP contribution in [0, 0.1) is 0 Å². The molecule has 0 radical (unpaired) electrons. The zero-order valence-corrected chi connectivity index (χ0v) is 13.3. The van der Waals surface area contributed by atoms with Gasteiger partial charge in [-0.05, 0) is 24.3 Å². The van der Waals surface area contributed by atoms with Crippen molar-refractivity contribution in [3.8, 4) is 11.5 Å².